The van der Waals surface area contributed by atoms with E-state index in [2.05, 4.69) is 36.9 Å². The summed E-state index contributed by atoms with van der Waals surface area (Å²) in [6, 6.07) is 6.48. The van der Waals surface area contributed by atoms with Crippen molar-refractivity contribution in [3.63, 3.8) is 0 Å². The molecular formula is C17H26N2O2. The van der Waals surface area contributed by atoms with Gasteiger partial charge in [0.05, 0.1) is 5.92 Å². The predicted molar refractivity (Wildman–Crippen MR) is 84.0 cm³/mol. The Morgan fingerprint density at radius 3 is 2.67 bits per heavy atom. The lowest BCUT2D eigenvalue weighted by atomic mass is 9.96. The van der Waals surface area contributed by atoms with Crippen molar-refractivity contribution in [2.45, 2.75) is 20.4 Å². The third-order valence-corrected chi connectivity index (χ3v) is 4.41. The Bertz CT molecular complexity index is 514. The van der Waals surface area contributed by atoms with Crippen LogP contribution in [0, 0.1) is 25.7 Å². The van der Waals surface area contributed by atoms with Crippen molar-refractivity contribution in [2.75, 3.05) is 33.8 Å². The summed E-state index contributed by atoms with van der Waals surface area (Å²) in [5.41, 5.74) is 3.85. The lowest BCUT2D eigenvalue weighted by Gasteiger charge is -2.20. The second-order valence-electron chi connectivity index (χ2n) is 6.41. The first-order valence-corrected chi connectivity index (χ1v) is 7.53. The van der Waals surface area contributed by atoms with Crippen molar-refractivity contribution in [3.8, 4) is 0 Å². The lowest BCUT2D eigenvalue weighted by Crippen LogP contribution is -2.35. The van der Waals surface area contributed by atoms with E-state index in [9.17, 15) is 9.90 Å². The van der Waals surface area contributed by atoms with E-state index < -0.39 is 0 Å². The summed E-state index contributed by atoms with van der Waals surface area (Å²) in [6.45, 7) is 6.66. The molecule has 1 aromatic rings. The third-order valence-electron chi connectivity index (χ3n) is 4.41. The summed E-state index contributed by atoms with van der Waals surface area (Å²) in [6.07, 6.45) is 0. The zero-order chi connectivity index (χ0) is 15.6. The fourth-order valence-electron chi connectivity index (χ4n) is 3.10. The smallest absolute Gasteiger partial charge is 0.226 e. The van der Waals surface area contributed by atoms with Gasteiger partial charge < -0.3 is 10.0 Å². The van der Waals surface area contributed by atoms with Crippen molar-refractivity contribution in [1.82, 2.24) is 9.80 Å². The molecule has 1 fully saturated rings. The lowest BCUT2D eigenvalue weighted by molar-refractivity contribution is -0.134. The number of nitrogens with zero attached hydrogens (tertiary/aromatic N) is 2. The molecule has 4 nitrogen and oxygen atoms in total. The fraction of sp³-hybridized carbons (Fsp3) is 0.588. The largest absolute Gasteiger partial charge is 0.396 e. The van der Waals surface area contributed by atoms with Crippen molar-refractivity contribution in [1.29, 1.82) is 0 Å². The highest BCUT2D eigenvalue weighted by atomic mass is 16.3. The van der Waals surface area contributed by atoms with Gasteiger partial charge in [0.2, 0.25) is 5.91 Å². The summed E-state index contributed by atoms with van der Waals surface area (Å²) >= 11 is 0. The number of likely N-dealkylation sites (tertiary alicyclic amines) is 1. The molecule has 1 saturated heterocycles. The second kappa shape index (κ2) is 6.58. The van der Waals surface area contributed by atoms with E-state index in [0.29, 0.717) is 0 Å². The van der Waals surface area contributed by atoms with E-state index in [4.69, 9.17) is 0 Å². The van der Waals surface area contributed by atoms with Gasteiger partial charge in [-0.1, -0.05) is 23.8 Å². The van der Waals surface area contributed by atoms with E-state index in [0.717, 1.165) is 19.6 Å². The molecule has 2 rings (SSSR count). The van der Waals surface area contributed by atoms with Gasteiger partial charge in [-0.2, -0.15) is 0 Å². The molecular weight excluding hydrogens is 264 g/mol. The van der Waals surface area contributed by atoms with Crippen LogP contribution >= 0.6 is 0 Å². The maximum absolute atomic E-state index is 12.2. The number of rotatable bonds is 4. The van der Waals surface area contributed by atoms with Crippen LogP contribution in [0.5, 0.6) is 0 Å². The number of hydrogen-bond acceptors (Lipinski definition) is 3. The number of amides is 1. The number of benzene rings is 1. The molecule has 21 heavy (non-hydrogen) atoms. The third kappa shape index (κ3) is 3.63. The Balaban J connectivity index is 2.09. The van der Waals surface area contributed by atoms with Gasteiger partial charge in [-0.3, -0.25) is 9.69 Å². The van der Waals surface area contributed by atoms with Crippen LogP contribution in [0.4, 0.5) is 0 Å². The van der Waals surface area contributed by atoms with Gasteiger partial charge in [-0.25, -0.2) is 0 Å². The van der Waals surface area contributed by atoms with E-state index in [-0.39, 0.29) is 24.3 Å². The summed E-state index contributed by atoms with van der Waals surface area (Å²) < 4.78 is 0. The molecule has 0 spiro atoms. The summed E-state index contributed by atoms with van der Waals surface area (Å²) in [7, 11) is 3.56. The van der Waals surface area contributed by atoms with Gasteiger partial charge in [-0.15, -0.1) is 0 Å². The van der Waals surface area contributed by atoms with Gasteiger partial charge in [0.15, 0.2) is 0 Å². The molecule has 4 heteroatoms. The summed E-state index contributed by atoms with van der Waals surface area (Å²) in [4.78, 5) is 16.1. The quantitative estimate of drug-likeness (QED) is 0.912. The molecule has 116 valence electrons. The highest BCUT2D eigenvalue weighted by Crippen LogP contribution is 2.26. The van der Waals surface area contributed by atoms with Crippen LogP contribution in [0.25, 0.3) is 0 Å². The molecule has 0 aromatic heterocycles. The highest BCUT2D eigenvalue weighted by molar-refractivity contribution is 5.79. The predicted octanol–water partition coefficient (Wildman–Crippen LogP) is 1.43. The van der Waals surface area contributed by atoms with Crippen LogP contribution in [-0.2, 0) is 11.3 Å². The molecule has 0 aliphatic carbocycles. The van der Waals surface area contributed by atoms with E-state index in [1.54, 1.807) is 19.0 Å². The van der Waals surface area contributed by atoms with Crippen LogP contribution in [-0.4, -0.2) is 54.6 Å². The Labute approximate surface area is 127 Å². The monoisotopic (exact) mass is 290 g/mol. The fourth-order valence-corrected chi connectivity index (χ4v) is 3.10. The summed E-state index contributed by atoms with van der Waals surface area (Å²) in [5.74, 6) is 0.0812. The minimum Gasteiger partial charge on any atom is -0.396 e. The van der Waals surface area contributed by atoms with Gasteiger partial charge in [0.25, 0.3) is 0 Å². The number of aryl methyl sites for hydroxylation is 2. The molecule has 0 saturated carbocycles. The second-order valence-corrected chi connectivity index (χ2v) is 6.41. The number of aliphatic hydroxyl groups excluding tert-OH is 1. The maximum atomic E-state index is 12.2. The molecule has 1 N–H and O–H groups in total. The summed E-state index contributed by atoms with van der Waals surface area (Å²) in [5, 5.41) is 9.55. The standard InChI is InChI=1S/C17H26N2O2/c1-12-5-6-13(2)14(7-12)8-19-9-15(11-20)16(10-19)17(21)18(3)4/h5-7,15-16,20H,8-11H2,1-4H3/t15-,16+/m0/s1. The van der Waals surface area contributed by atoms with Crippen molar-refractivity contribution < 1.29 is 9.90 Å². The Hall–Kier alpha value is -1.39. The van der Waals surface area contributed by atoms with Gasteiger partial charge >= 0.3 is 0 Å². The van der Waals surface area contributed by atoms with Crippen molar-refractivity contribution in [2.24, 2.45) is 11.8 Å². The molecule has 1 heterocycles. The van der Waals surface area contributed by atoms with Crippen LogP contribution in [0.15, 0.2) is 18.2 Å². The van der Waals surface area contributed by atoms with E-state index in [1.807, 2.05) is 0 Å². The topological polar surface area (TPSA) is 43.8 Å². The SMILES string of the molecule is Cc1ccc(C)c(CN2C[C@@H](CO)[C@H](C(=O)N(C)C)C2)c1. The molecule has 1 aromatic carbocycles. The number of hydrogen-bond donors (Lipinski definition) is 1. The molecule has 1 aliphatic heterocycles. The minimum absolute atomic E-state index is 0.0463. The molecule has 0 radical (unpaired) electrons. The molecule has 0 unspecified atom stereocenters. The average molecular weight is 290 g/mol. The minimum atomic E-state index is -0.0879. The zero-order valence-electron chi connectivity index (χ0n) is 13.5. The molecule has 1 amide bonds. The Kier molecular flexibility index (Phi) is 5.01. The van der Waals surface area contributed by atoms with E-state index >= 15 is 0 Å². The van der Waals surface area contributed by atoms with Crippen LogP contribution in [0.1, 0.15) is 16.7 Å². The van der Waals surface area contributed by atoms with Crippen LogP contribution < -0.4 is 0 Å². The Morgan fingerprint density at radius 2 is 2.05 bits per heavy atom. The first-order valence-electron chi connectivity index (χ1n) is 7.53. The zero-order valence-corrected chi connectivity index (χ0v) is 13.5. The number of aliphatic hydroxyl groups is 1. The van der Waals surface area contributed by atoms with Crippen LogP contribution in [0.2, 0.25) is 0 Å². The Morgan fingerprint density at radius 1 is 1.33 bits per heavy atom. The van der Waals surface area contributed by atoms with Gasteiger partial charge in [0, 0.05) is 46.3 Å². The molecule has 1 aliphatic rings. The van der Waals surface area contributed by atoms with Gasteiger partial charge in [0.1, 0.15) is 0 Å². The number of carbonyl (C=O) groups is 1. The first-order chi connectivity index (χ1) is 9.92. The van der Waals surface area contributed by atoms with Gasteiger partial charge in [-0.05, 0) is 25.0 Å². The number of carbonyl (C=O) groups excluding carboxylic acids is 1. The molecule has 0 bridgehead atoms. The highest BCUT2D eigenvalue weighted by Gasteiger charge is 2.37. The normalized spacial score (nSPS) is 22.5. The molecule has 2 atom stereocenters. The van der Waals surface area contributed by atoms with E-state index in [1.165, 1.54) is 16.7 Å². The van der Waals surface area contributed by atoms with Crippen molar-refractivity contribution in [3.05, 3.63) is 34.9 Å². The van der Waals surface area contributed by atoms with Crippen LogP contribution in [0.3, 0.4) is 0 Å². The average Bonchev–Trinajstić information content (AvgIpc) is 2.84. The first kappa shape index (κ1) is 16.0. The maximum Gasteiger partial charge on any atom is 0.226 e. The van der Waals surface area contributed by atoms with Crippen molar-refractivity contribution >= 4 is 5.91 Å².